The first-order chi connectivity index (χ1) is 14.5. The lowest BCUT2D eigenvalue weighted by Gasteiger charge is -2.18. The fourth-order valence-electron chi connectivity index (χ4n) is 3.59. The molecule has 3 aromatic rings. The van der Waals surface area contributed by atoms with E-state index in [0.29, 0.717) is 0 Å². The standard InChI is InChI=1S/C26H30FNO2/c1-19(2)30-25-14-8-22(9-15-25)26(21-6-10-23(27)11-7-21)16-17-28-18-20-4-12-24(29-3)13-5-20/h4-15,19,26,28H,16-18H2,1-3H3/p+1/t26-/m0/s1. The van der Waals surface area contributed by atoms with Gasteiger partial charge >= 0.3 is 0 Å². The van der Waals surface area contributed by atoms with Crippen LogP contribution in [-0.2, 0) is 6.54 Å². The van der Waals surface area contributed by atoms with Crippen LogP contribution in [0.5, 0.6) is 11.5 Å². The van der Waals surface area contributed by atoms with Gasteiger partial charge in [-0.25, -0.2) is 4.39 Å². The van der Waals surface area contributed by atoms with Crippen molar-refractivity contribution in [2.45, 2.75) is 38.8 Å². The molecule has 0 radical (unpaired) electrons. The quantitative estimate of drug-likeness (QED) is 0.484. The summed E-state index contributed by atoms with van der Waals surface area (Å²) in [6.07, 6.45) is 1.11. The highest BCUT2D eigenvalue weighted by Crippen LogP contribution is 2.29. The van der Waals surface area contributed by atoms with Crippen LogP contribution < -0.4 is 14.8 Å². The van der Waals surface area contributed by atoms with Gasteiger partial charge in [-0.15, -0.1) is 0 Å². The highest BCUT2D eigenvalue weighted by molar-refractivity contribution is 5.36. The summed E-state index contributed by atoms with van der Waals surface area (Å²) in [6, 6.07) is 23.3. The highest BCUT2D eigenvalue weighted by atomic mass is 19.1. The molecule has 2 N–H and O–H groups in total. The van der Waals surface area contributed by atoms with Crippen molar-refractivity contribution in [3.63, 3.8) is 0 Å². The van der Waals surface area contributed by atoms with Crippen LogP contribution in [0.4, 0.5) is 4.39 Å². The summed E-state index contributed by atoms with van der Waals surface area (Å²) < 4.78 is 24.4. The summed E-state index contributed by atoms with van der Waals surface area (Å²) >= 11 is 0. The van der Waals surface area contributed by atoms with Crippen LogP contribution in [0.1, 0.15) is 42.9 Å². The molecular weight excluding hydrogens is 377 g/mol. The number of quaternary nitrogens is 1. The normalized spacial score (nSPS) is 12.0. The third-order valence-electron chi connectivity index (χ3n) is 5.13. The van der Waals surface area contributed by atoms with Gasteiger partial charge in [-0.1, -0.05) is 24.3 Å². The van der Waals surface area contributed by atoms with Crippen LogP contribution in [-0.4, -0.2) is 19.8 Å². The average molecular weight is 409 g/mol. The lowest BCUT2D eigenvalue weighted by atomic mass is 9.88. The topological polar surface area (TPSA) is 35.1 Å². The van der Waals surface area contributed by atoms with E-state index in [1.807, 2.05) is 50.2 Å². The van der Waals surface area contributed by atoms with Crippen molar-refractivity contribution >= 4 is 0 Å². The molecule has 0 unspecified atom stereocenters. The summed E-state index contributed by atoms with van der Waals surface area (Å²) in [5.74, 6) is 1.76. The SMILES string of the molecule is COc1ccc(C[NH2+]CC[C@@H](c2ccc(F)cc2)c2ccc(OC(C)C)cc2)cc1. The fourth-order valence-corrected chi connectivity index (χ4v) is 3.59. The van der Waals surface area contributed by atoms with Crippen LogP contribution in [0, 0.1) is 5.82 Å². The van der Waals surface area contributed by atoms with Gasteiger partial charge in [-0.05, 0) is 73.5 Å². The van der Waals surface area contributed by atoms with Gasteiger partial charge in [0.25, 0.3) is 0 Å². The van der Waals surface area contributed by atoms with E-state index in [-0.39, 0.29) is 17.8 Å². The molecule has 0 aromatic heterocycles. The molecule has 0 heterocycles. The number of nitrogens with two attached hydrogens (primary N) is 1. The van der Waals surface area contributed by atoms with Gasteiger partial charge in [0.2, 0.25) is 0 Å². The van der Waals surface area contributed by atoms with E-state index in [4.69, 9.17) is 9.47 Å². The van der Waals surface area contributed by atoms with Crippen molar-refractivity contribution in [3.8, 4) is 11.5 Å². The monoisotopic (exact) mass is 408 g/mol. The van der Waals surface area contributed by atoms with Crippen molar-refractivity contribution in [1.29, 1.82) is 0 Å². The zero-order valence-corrected chi connectivity index (χ0v) is 18.0. The maximum atomic E-state index is 13.4. The summed E-state index contributed by atoms with van der Waals surface area (Å²) in [5, 5.41) is 2.31. The van der Waals surface area contributed by atoms with E-state index >= 15 is 0 Å². The minimum atomic E-state index is -0.204. The van der Waals surface area contributed by atoms with Crippen LogP contribution >= 0.6 is 0 Å². The molecule has 4 heteroatoms. The third-order valence-corrected chi connectivity index (χ3v) is 5.13. The van der Waals surface area contributed by atoms with Crippen molar-refractivity contribution in [2.75, 3.05) is 13.7 Å². The highest BCUT2D eigenvalue weighted by Gasteiger charge is 2.16. The van der Waals surface area contributed by atoms with Crippen molar-refractivity contribution in [1.82, 2.24) is 0 Å². The Morgan fingerprint density at radius 1 is 0.800 bits per heavy atom. The van der Waals surface area contributed by atoms with Gasteiger partial charge in [0.1, 0.15) is 23.9 Å². The van der Waals surface area contributed by atoms with Crippen molar-refractivity contribution < 1.29 is 19.2 Å². The second kappa shape index (κ2) is 10.8. The smallest absolute Gasteiger partial charge is 0.123 e. The second-order valence-corrected chi connectivity index (χ2v) is 7.76. The largest absolute Gasteiger partial charge is 0.497 e. The minimum absolute atomic E-state index is 0.149. The Hall–Kier alpha value is -2.85. The maximum Gasteiger partial charge on any atom is 0.123 e. The molecule has 1 atom stereocenters. The Kier molecular flexibility index (Phi) is 7.86. The van der Waals surface area contributed by atoms with Crippen molar-refractivity contribution in [2.24, 2.45) is 0 Å². The lowest BCUT2D eigenvalue weighted by molar-refractivity contribution is -0.671. The first-order valence-corrected chi connectivity index (χ1v) is 10.5. The summed E-state index contributed by atoms with van der Waals surface area (Å²) in [5.41, 5.74) is 3.62. The van der Waals surface area contributed by atoms with Gasteiger partial charge in [-0.2, -0.15) is 0 Å². The second-order valence-electron chi connectivity index (χ2n) is 7.76. The van der Waals surface area contributed by atoms with E-state index < -0.39 is 0 Å². The Bertz CT molecular complexity index is 890. The summed E-state index contributed by atoms with van der Waals surface area (Å²) in [7, 11) is 1.68. The number of methoxy groups -OCH3 is 1. The van der Waals surface area contributed by atoms with Gasteiger partial charge in [0.15, 0.2) is 0 Å². The fraction of sp³-hybridized carbons (Fsp3) is 0.308. The predicted octanol–water partition coefficient (Wildman–Crippen LogP) is 4.91. The van der Waals surface area contributed by atoms with E-state index in [1.165, 1.54) is 11.1 Å². The molecule has 158 valence electrons. The summed E-state index contributed by atoms with van der Waals surface area (Å²) in [6.45, 7) is 5.93. The van der Waals surface area contributed by atoms with E-state index in [9.17, 15) is 4.39 Å². The molecular formula is C26H31FNO2+. The van der Waals surface area contributed by atoms with E-state index in [1.54, 1.807) is 19.2 Å². The van der Waals surface area contributed by atoms with E-state index in [0.717, 1.165) is 36.6 Å². The first-order valence-electron chi connectivity index (χ1n) is 10.5. The third kappa shape index (κ3) is 6.33. The number of hydrogen-bond acceptors (Lipinski definition) is 2. The van der Waals surface area contributed by atoms with Crippen LogP contribution in [0.2, 0.25) is 0 Å². The molecule has 0 amide bonds. The molecule has 3 nitrogen and oxygen atoms in total. The van der Waals surface area contributed by atoms with Crippen LogP contribution in [0.25, 0.3) is 0 Å². The van der Waals surface area contributed by atoms with Crippen LogP contribution in [0.15, 0.2) is 72.8 Å². The number of hydrogen-bond donors (Lipinski definition) is 1. The molecule has 0 spiro atoms. The first kappa shape index (κ1) is 21.8. The number of halogens is 1. The maximum absolute atomic E-state index is 13.4. The Labute approximate surface area is 178 Å². The van der Waals surface area contributed by atoms with Crippen molar-refractivity contribution in [3.05, 3.63) is 95.3 Å². The number of benzene rings is 3. The summed E-state index contributed by atoms with van der Waals surface area (Å²) in [4.78, 5) is 0. The lowest BCUT2D eigenvalue weighted by Crippen LogP contribution is -2.82. The molecule has 3 aromatic carbocycles. The number of ether oxygens (including phenoxy) is 2. The van der Waals surface area contributed by atoms with Gasteiger partial charge in [0.05, 0.1) is 19.8 Å². The van der Waals surface area contributed by atoms with E-state index in [2.05, 4.69) is 29.6 Å². The molecule has 0 saturated heterocycles. The van der Waals surface area contributed by atoms with Crippen LogP contribution in [0.3, 0.4) is 0 Å². The molecule has 0 aliphatic heterocycles. The molecule has 0 saturated carbocycles. The zero-order chi connectivity index (χ0) is 21.3. The Balaban J connectivity index is 1.66. The average Bonchev–Trinajstić information content (AvgIpc) is 2.75. The molecule has 30 heavy (non-hydrogen) atoms. The Morgan fingerprint density at radius 2 is 1.37 bits per heavy atom. The molecule has 0 aliphatic rings. The predicted molar refractivity (Wildman–Crippen MR) is 119 cm³/mol. The van der Waals surface area contributed by atoms with Gasteiger partial charge in [-0.3, -0.25) is 0 Å². The minimum Gasteiger partial charge on any atom is -0.497 e. The Morgan fingerprint density at radius 3 is 1.93 bits per heavy atom. The van der Waals surface area contributed by atoms with Gasteiger partial charge < -0.3 is 14.8 Å². The zero-order valence-electron chi connectivity index (χ0n) is 18.0. The number of rotatable bonds is 10. The molecule has 0 aliphatic carbocycles. The molecule has 3 rings (SSSR count). The molecule has 0 fully saturated rings. The van der Waals surface area contributed by atoms with Gasteiger partial charge in [0, 0.05) is 17.9 Å². The molecule has 0 bridgehead atoms.